The zero-order chi connectivity index (χ0) is 18.7. The first-order chi connectivity index (χ1) is 10.6. The van der Waals surface area contributed by atoms with Crippen LogP contribution in [0.3, 0.4) is 0 Å². The lowest BCUT2D eigenvalue weighted by Crippen LogP contribution is -2.67. The molecule has 24 heavy (non-hydrogen) atoms. The normalized spacial score (nSPS) is 33.8. The third-order valence-corrected chi connectivity index (χ3v) is 6.54. The van der Waals surface area contributed by atoms with Gasteiger partial charge in [0.2, 0.25) is 0 Å². The van der Waals surface area contributed by atoms with E-state index in [4.69, 9.17) is 0 Å². The molecule has 2 aliphatic heterocycles. The summed E-state index contributed by atoms with van der Waals surface area (Å²) in [6.07, 6.45) is 2.83. The van der Waals surface area contributed by atoms with E-state index in [0.29, 0.717) is 18.6 Å². The predicted molar refractivity (Wildman–Crippen MR) is 97.3 cm³/mol. The van der Waals surface area contributed by atoms with Crippen LogP contribution < -0.4 is 0 Å². The second-order valence-corrected chi connectivity index (χ2v) is 10.7. The molecule has 142 valence electrons. The second kappa shape index (κ2) is 5.92. The molecule has 0 aliphatic carbocycles. The first-order valence-electron chi connectivity index (χ1n) is 9.28. The maximum absolute atomic E-state index is 10.6. The lowest BCUT2D eigenvalue weighted by Gasteiger charge is -2.58. The highest BCUT2D eigenvalue weighted by molar-refractivity contribution is 5.04. The Hall–Kier alpha value is -0.200. The van der Waals surface area contributed by atoms with Crippen LogP contribution in [0.1, 0.15) is 74.7 Å². The fourth-order valence-electron chi connectivity index (χ4n) is 5.02. The molecule has 0 aromatic carbocycles. The molecule has 2 saturated heterocycles. The summed E-state index contributed by atoms with van der Waals surface area (Å²) in [5.41, 5.74) is -0.670. The fourth-order valence-corrected chi connectivity index (χ4v) is 5.02. The van der Waals surface area contributed by atoms with Gasteiger partial charge in [0.25, 0.3) is 0 Å². The zero-order valence-electron chi connectivity index (χ0n) is 17.2. The van der Waals surface area contributed by atoms with E-state index in [1.807, 2.05) is 0 Å². The number of hydrogen-bond acceptors (Lipinski definition) is 5. The highest BCUT2D eigenvalue weighted by Gasteiger charge is 2.51. The molecule has 0 amide bonds. The third kappa shape index (κ3) is 3.51. The van der Waals surface area contributed by atoms with Crippen LogP contribution in [-0.2, 0) is 0 Å². The summed E-state index contributed by atoms with van der Waals surface area (Å²) in [7, 11) is 2.24. The topological polar surface area (TPSA) is 50.2 Å². The van der Waals surface area contributed by atoms with Crippen LogP contribution in [0.15, 0.2) is 0 Å². The van der Waals surface area contributed by atoms with Crippen molar-refractivity contribution in [3.05, 3.63) is 0 Å². The minimum atomic E-state index is -0.238. The monoisotopic (exact) mass is 341 g/mol. The van der Waals surface area contributed by atoms with E-state index >= 15 is 0 Å². The van der Waals surface area contributed by atoms with Crippen molar-refractivity contribution in [3.63, 3.8) is 0 Å². The zero-order valence-corrected chi connectivity index (χ0v) is 17.2. The fraction of sp³-hybridized carbons (Fsp3) is 1.00. The Labute approximate surface area is 148 Å². The molecule has 2 rings (SSSR count). The van der Waals surface area contributed by atoms with E-state index in [-0.39, 0.29) is 22.0 Å². The van der Waals surface area contributed by atoms with Gasteiger partial charge in [-0.25, -0.2) is 0 Å². The summed E-state index contributed by atoms with van der Waals surface area (Å²) < 4.78 is 0. The molecule has 0 bridgehead atoms. The molecule has 1 unspecified atom stereocenters. The third-order valence-electron chi connectivity index (χ3n) is 6.54. The Morgan fingerprint density at radius 1 is 0.792 bits per heavy atom. The van der Waals surface area contributed by atoms with Crippen LogP contribution in [0.4, 0.5) is 0 Å². The number of rotatable bonds is 2. The molecule has 2 N–H and O–H groups in total. The van der Waals surface area contributed by atoms with E-state index in [0.717, 1.165) is 19.3 Å². The van der Waals surface area contributed by atoms with Gasteiger partial charge in [-0.2, -0.15) is 10.1 Å². The van der Waals surface area contributed by atoms with Gasteiger partial charge in [0, 0.05) is 35.2 Å². The largest absolute Gasteiger partial charge is 0.313 e. The van der Waals surface area contributed by atoms with Crippen molar-refractivity contribution in [1.29, 1.82) is 0 Å². The van der Waals surface area contributed by atoms with Gasteiger partial charge in [-0.05, 0) is 73.3 Å². The lowest BCUT2D eigenvalue weighted by atomic mass is 9.71. The summed E-state index contributed by atoms with van der Waals surface area (Å²) in [6, 6.07) is 0.821. The van der Waals surface area contributed by atoms with Gasteiger partial charge in [-0.1, -0.05) is 13.8 Å². The van der Waals surface area contributed by atoms with Crippen molar-refractivity contribution in [1.82, 2.24) is 15.0 Å². The van der Waals surface area contributed by atoms with Crippen molar-refractivity contribution < 1.29 is 10.4 Å². The molecule has 5 heteroatoms. The molecule has 5 nitrogen and oxygen atoms in total. The Bertz CT molecular complexity index is 455. The van der Waals surface area contributed by atoms with E-state index in [1.165, 1.54) is 5.06 Å². The Kier molecular flexibility index (Phi) is 4.96. The van der Waals surface area contributed by atoms with Crippen LogP contribution >= 0.6 is 0 Å². The minimum absolute atomic E-state index is 0.0175. The first kappa shape index (κ1) is 20.1. The molecule has 0 spiro atoms. The summed E-state index contributed by atoms with van der Waals surface area (Å²) in [5, 5.41) is 24.0. The van der Waals surface area contributed by atoms with Gasteiger partial charge in [-0.15, -0.1) is 0 Å². The van der Waals surface area contributed by atoms with Crippen molar-refractivity contribution in [2.24, 2.45) is 5.41 Å². The molecule has 2 heterocycles. The molecule has 0 radical (unpaired) electrons. The molecule has 0 aromatic heterocycles. The maximum Gasteiger partial charge on any atom is 0.0425 e. The number of nitrogens with zero attached hydrogens (tertiary/aromatic N) is 3. The van der Waals surface area contributed by atoms with Crippen LogP contribution in [-0.4, -0.2) is 67.7 Å². The van der Waals surface area contributed by atoms with E-state index < -0.39 is 0 Å². The van der Waals surface area contributed by atoms with Crippen LogP contribution in [0, 0.1) is 5.41 Å². The summed E-state index contributed by atoms with van der Waals surface area (Å²) in [6.45, 7) is 17.9. The van der Waals surface area contributed by atoms with Gasteiger partial charge in [-0.3, -0.25) is 4.90 Å². The van der Waals surface area contributed by atoms with Gasteiger partial charge in [0.15, 0.2) is 0 Å². The Morgan fingerprint density at radius 3 is 1.71 bits per heavy atom. The first-order valence-corrected chi connectivity index (χ1v) is 9.28. The molecule has 0 aromatic rings. The van der Waals surface area contributed by atoms with Crippen LogP contribution in [0.25, 0.3) is 0 Å². The van der Waals surface area contributed by atoms with Gasteiger partial charge < -0.3 is 10.4 Å². The SMILES string of the molecule is CN(C1CC(C)(C)N(O)C(C)(C)C1)C1CC(C)(C)N(O)CC1(C)C. The summed E-state index contributed by atoms with van der Waals surface area (Å²) in [4.78, 5) is 2.53. The standard InChI is InChI=1S/C19H39N3O2/c1-16(2)13-21(23)17(3,4)12-15(16)20(9)14-10-18(5,6)22(24)19(7,8)11-14/h14-15,23-24H,10-13H2,1-9H3. The van der Waals surface area contributed by atoms with Crippen molar-refractivity contribution in [2.45, 2.75) is 103 Å². The number of hydrogen-bond donors (Lipinski definition) is 2. The minimum Gasteiger partial charge on any atom is -0.313 e. The Morgan fingerprint density at radius 2 is 1.25 bits per heavy atom. The number of hydroxylamine groups is 4. The van der Waals surface area contributed by atoms with E-state index in [1.54, 1.807) is 5.06 Å². The van der Waals surface area contributed by atoms with E-state index in [2.05, 4.69) is 67.3 Å². The average molecular weight is 342 g/mol. The van der Waals surface area contributed by atoms with Gasteiger partial charge >= 0.3 is 0 Å². The highest BCUT2D eigenvalue weighted by Crippen LogP contribution is 2.44. The van der Waals surface area contributed by atoms with Crippen molar-refractivity contribution in [2.75, 3.05) is 13.6 Å². The Balaban J connectivity index is 2.25. The molecule has 0 saturated carbocycles. The smallest absolute Gasteiger partial charge is 0.0425 e. The van der Waals surface area contributed by atoms with Crippen LogP contribution in [0.5, 0.6) is 0 Å². The van der Waals surface area contributed by atoms with Gasteiger partial charge in [0.1, 0.15) is 0 Å². The molecule has 1 atom stereocenters. The summed E-state index contributed by atoms with van der Waals surface area (Å²) in [5.74, 6) is 0. The average Bonchev–Trinajstić information content (AvgIpc) is 2.38. The second-order valence-electron chi connectivity index (χ2n) is 10.7. The molecule has 2 fully saturated rings. The molecular weight excluding hydrogens is 302 g/mol. The maximum atomic E-state index is 10.6. The highest BCUT2D eigenvalue weighted by atomic mass is 16.5. The quantitative estimate of drug-likeness (QED) is 0.804. The van der Waals surface area contributed by atoms with E-state index in [9.17, 15) is 10.4 Å². The summed E-state index contributed by atoms with van der Waals surface area (Å²) >= 11 is 0. The lowest BCUT2D eigenvalue weighted by molar-refractivity contribution is -0.259. The molecule has 2 aliphatic rings. The van der Waals surface area contributed by atoms with Crippen molar-refractivity contribution >= 4 is 0 Å². The molecular formula is C19H39N3O2. The van der Waals surface area contributed by atoms with Gasteiger partial charge in [0.05, 0.1) is 0 Å². The number of piperidine rings is 2. The predicted octanol–water partition coefficient (Wildman–Crippen LogP) is 3.60. The van der Waals surface area contributed by atoms with Crippen molar-refractivity contribution in [3.8, 4) is 0 Å². The van der Waals surface area contributed by atoms with Crippen LogP contribution in [0.2, 0.25) is 0 Å².